The Bertz CT molecular complexity index is 753. The van der Waals surface area contributed by atoms with Gasteiger partial charge in [0.2, 0.25) is 0 Å². The second-order valence-corrected chi connectivity index (χ2v) is 6.36. The van der Waals surface area contributed by atoms with E-state index in [1.807, 2.05) is 0 Å². The van der Waals surface area contributed by atoms with Gasteiger partial charge in [-0.2, -0.15) is 5.10 Å². The van der Waals surface area contributed by atoms with Crippen LogP contribution in [0.5, 0.6) is 5.75 Å². The molecule has 0 unspecified atom stereocenters. The summed E-state index contributed by atoms with van der Waals surface area (Å²) in [5.41, 5.74) is 2.72. The van der Waals surface area contributed by atoms with Crippen LogP contribution in [0.2, 0.25) is 10.0 Å². The molecule has 1 heterocycles. The number of hydrogen-bond acceptors (Lipinski definition) is 5. The van der Waals surface area contributed by atoms with Crippen LogP contribution >= 0.6 is 35.4 Å². The molecule has 2 N–H and O–H groups in total. The largest absolute Gasteiger partial charge is 0.486 e. The van der Waals surface area contributed by atoms with E-state index in [9.17, 15) is 0 Å². The molecular formula is C17H19Cl2N3O3S. The number of halogens is 2. The maximum absolute atomic E-state index is 5.95. The lowest BCUT2D eigenvalue weighted by molar-refractivity contribution is 0.195. The molecular weight excluding hydrogens is 397 g/mol. The minimum Gasteiger partial charge on any atom is -0.486 e. The third kappa shape index (κ3) is 7.21. The molecule has 0 fully saturated rings. The number of hydrogen-bond donors (Lipinski definition) is 2. The topological polar surface area (TPSA) is 68.0 Å². The molecule has 0 saturated carbocycles. The molecule has 0 aliphatic carbocycles. The third-order valence-electron chi connectivity index (χ3n) is 3.12. The normalized spacial score (nSPS) is 10.9. The van der Waals surface area contributed by atoms with Gasteiger partial charge in [-0.15, -0.1) is 0 Å². The summed E-state index contributed by atoms with van der Waals surface area (Å²) in [6.45, 7) is 1.66. The second-order valence-electron chi connectivity index (χ2n) is 5.14. The fraction of sp³-hybridized carbons (Fsp3) is 0.294. The van der Waals surface area contributed by atoms with Crippen LogP contribution in [0.1, 0.15) is 17.9 Å². The summed E-state index contributed by atoms with van der Waals surface area (Å²) < 4.78 is 16.2. The van der Waals surface area contributed by atoms with Gasteiger partial charge in [0.1, 0.15) is 23.9 Å². The highest BCUT2D eigenvalue weighted by Gasteiger charge is 2.04. The zero-order valence-corrected chi connectivity index (χ0v) is 16.5. The van der Waals surface area contributed by atoms with E-state index >= 15 is 0 Å². The Labute approximate surface area is 167 Å². The monoisotopic (exact) mass is 415 g/mol. The number of furan rings is 1. The van der Waals surface area contributed by atoms with Crippen LogP contribution in [-0.4, -0.2) is 31.6 Å². The molecule has 0 amide bonds. The lowest BCUT2D eigenvalue weighted by atomic mass is 10.3. The van der Waals surface area contributed by atoms with E-state index in [1.165, 1.54) is 6.21 Å². The third-order valence-corrected chi connectivity index (χ3v) is 4.10. The minimum atomic E-state index is 0.263. The van der Waals surface area contributed by atoms with E-state index in [0.29, 0.717) is 45.6 Å². The molecule has 1 aromatic heterocycles. The molecule has 0 aliphatic heterocycles. The molecule has 0 aliphatic rings. The number of nitrogens with one attached hydrogen (secondary N) is 2. The predicted molar refractivity (Wildman–Crippen MR) is 107 cm³/mol. The highest BCUT2D eigenvalue weighted by Crippen LogP contribution is 2.26. The number of nitrogens with zero attached hydrogens (tertiary/aromatic N) is 1. The predicted octanol–water partition coefficient (Wildman–Crippen LogP) is 4.00. The molecule has 0 spiro atoms. The molecule has 0 bridgehead atoms. The first-order valence-electron chi connectivity index (χ1n) is 7.81. The zero-order valence-electron chi connectivity index (χ0n) is 14.1. The first-order valence-corrected chi connectivity index (χ1v) is 8.97. The van der Waals surface area contributed by atoms with Crippen LogP contribution in [0.15, 0.2) is 39.9 Å². The molecule has 0 atom stereocenters. The Hall–Kier alpha value is -1.80. The van der Waals surface area contributed by atoms with Gasteiger partial charge in [-0.05, 0) is 42.9 Å². The van der Waals surface area contributed by atoms with Crippen molar-refractivity contribution in [3.05, 3.63) is 51.9 Å². The molecule has 26 heavy (non-hydrogen) atoms. The van der Waals surface area contributed by atoms with Crippen molar-refractivity contribution in [3.8, 4) is 5.75 Å². The summed E-state index contributed by atoms with van der Waals surface area (Å²) >= 11 is 16.9. The average molecular weight is 416 g/mol. The summed E-state index contributed by atoms with van der Waals surface area (Å²) in [5.74, 6) is 1.84. The SMILES string of the molecule is COCCCNC(=S)NN=Cc1ccc(COc2ccc(Cl)c(Cl)c2)o1. The minimum absolute atomic E-state index is 0.263. The maximum atomic E-state index is 5.95. The second kappa shape index (κ2) is 11.0. The van der Waals surface area contributed by atoms with Gasteiger partial charge >= 0.3 is 0 Å². The van der Waals surface area contributed by atoms with Gasteiger partial charge in [0.25, 0.3) is 0 Å². The quantitative estimate of drug-likeness (QED) is 0.279. The van der Waals surface area contributed by atoms with Crippen molar-refractivity contribution in [2.75, 3.05) is 20.3 Å². The van der Waals surface area contributed by atoms with Gasteiger partial charge in [-0.25, -0.2) is 0 Å². The van der Waals surface area contributed by atoms with Crippen molar-refractivity contribution in [3.63, 3.8) is 0 Å². The average Bonchev–Trinajstić information content (AvgIpc) is 3.07. The van der Waals surface area contributed by atoms with Gasteiger partial charge in [0.15, 0.2) is 5.11 Å². The zero-order chi connectivity index (χ0) is 18.8. The summed E-state index contributed by atoms with van der Waals surface area (Å²) in [6, 6.07) is 8.66. The van der Waals surface area contributed by atoms with Crippen LogP contribution in [0.25, 0.3) is 0 Å². The van der Waals surface area contributed by atoms with E-state index < -0.39 is 0 Å². The van der Waals surface area contributed by atoms with Crippen LogP contribution in [0.3, 0.4) is 0 Å². The van der Waals surface area contributed by atoms with Gasteiger partial charge in [-0.3, -0.25) is 5.43 Å². The van der Waals surface area contributed by atoms with Crippen LogP contribution < -0.4 is 15.5 Å². The van der Waals surface area contributed by atoms with Crippen molar-refractivity contribution in [1.29, 1.82) is 0 Å². The highest BCUT2D eigenvalue weighted by molar-refractivity contribution is 7.80. The Morgan fingerprint density at radius 1 is 1.27 bits per heavy atom. The maximum Gasteiger partial charge on any atom is 0.186 e. The first-order chi connectivity index (χ1) is 12.6. The standard InChI is InChI=1S/C17H19Cl2N3O3S/c1-23-8-2-7-20-17(26)22-21-10-13-3-4-14(25-13)11-24-12-5-6-15(18)16(19)9-12/h3-6,9-10H,2,7-8,11H2,1H3,(H2,20,22,26). The van der Waals surface area contributed by atoms with Crippen molar-refractivity contribution in [2.24, 2.45) is 5.10 Å². The van der Waals surface area contributed by atoms with Crippen molar-refractivity contribution in [1.82, 2.24) is 10.7 Å². The van der Waals surface area contributed by atoms with Gasteiger partial charge in [-0.1, -0.05) is 23.2 Å². The molecule has 140 valence electrons. The highest BCUT2D eigenvalue weighted by atomic mass is 35.5. The molecule has 6 nitrogen and oxygen atoms in total. The van der Waals surface area contributed by atoms with Crippen molar-refractivity contribution in [2.45, 2.75) is 13.0 Å². The van der Waals surface area contributed by atoms with E-state index in [-0.39, 0.29) is 6.61 Å². The number of benzene rings is 1. The van der Waals surface area contributed by atoms with E-state index in [1.54, 1.807) is 37.4 Å². The summed E-state index contributed by atoms with van der Waals surface area (Å²) in [5, 5.41) is 8.39. The van der Waals surface area contributed by atoms with Crippen LogP contribution in [0, 0.1) is 0 Å². The molecule has 0 radical (unpaired) electrons. The van der Waals surface area contributed by atoms with Gasteiger partial charge in [0, 0.05) is 26.3 Å². The summed E-state index contributed by atoms with van der Waals surface area (Å²) in [6.07, 6.45) is 2.40. The van der Waals surface area contributed by atoms with Crippen LogP contribution in [-0.2, 0) is 11.3 Å². The fourth-order valence-corrected chi connectivity index (χ4v) is 2.32. The lowest BCUT2D eigenvalue weighted by Crippen LogP contribution is -2.33. The Kier molecular flexibility index (Phi) is 8.70. The Balaban J connectivity index is 1.74. The number of thiocarbonyl (C=S) groups is 1. The Morgan fingerprint density at radius 2 is 2.12 bits per heavy atom. The smallest absolute Gasteiger partial charge is 0.186 e. The molecule has 9 heteroatoms. The molecule has 2 rings (SSSR count). The van der Waals surface area contributed by atoms with E-state index in [0.717, 1.165) is 6.42 Å². The molecule has 1 aromatic carbocycles. The van der Waals surface area contributed by atoms with Gasteiger partial charge in [0.05, 0.1) is 16.3 Å². The molecule has 0 saturated heterocycles. The van der Waals surface area contributed by atoms with Crippen molar-refractivity contribution < 1.29 is 13.9 Å². The number of methoxy groups -OCH3 is 1. The molecule has 2 aromatic rings. The van der Waals surface area contributed by atoms with Crippen molar-refractivity contribution >= 4 is 46.7 Å². The fourth-order valence-electron chi connectivity index (χ4n) is 1.88. The van der Waals surface area contributed by atoms with E-state index in [4.69, 9.17) is 49.3 Å². The number of rotatable bonds is 9. The summed E-state index contributed by atoms with van der Waals surface area (Å²) in [7, 11) is 1.66. The number of ether oxygens (including phenoxy) is 2. The Morgan fingerprint density at radius 3 is 2.88 bits per heavy atom. The van der Waals surface area contributed by atoms with E-state index in [2.05, 4.69) is 15.8 Å². The van der Waals surface area contributed by atoms with Crippen LogP contribution in [0.4, 0.5) is 0 Å². The first kappa shape index (κ1) is 20.5. The van der Waals surface area contributed by atoms with Gasteiger partial charge < -0.3 is 19.2 Å². The number of hydrazone groups is 1. The lowest BCUT2D eigenvalue weighted by Gasteiger charge is -2.05. The summed E-state index contributed by atoms with van der Waals surface area (Å²) in [4.78, 5) is 0.